The van der Waals surface area contributed by atoms with Gasteiger partial charge in [-0.3, -0.25) is 4.79 Å². The molecule has 0 unspecified atom stereocenters. The standard InChI is InChI=1S/C12H18N2OS/c1-8(2)11(15)14-12-13-9-6-4-3-5-7-10(9)16-12/h8H,3-7H2,1-2H3,(H,13,14,15). The summed E-state index contributed by atoms with van der Waals surface area (Å²) in [7, 11) is 0. The van der Waals surface area contributed by atoms with Gasteiger partial charge in [-0.05, 0) is 25.7 Å². The highest BCUT2D eigenvalue weighted by Crippen LogP contribution is 2.29. The Labute approximate surface area is 100 Å². The van der Waals surface area contributed by atoms with Gasteiger partial charge in [0.1, 0.15) is 0 Å². The maximum atomic E-state index is 11.5. The van der Waals surface area contributed by atoms with Gasteiger partial charge >= 0.3 is 0 Å². The Morgan fingerprint density at radius 2 is 2.06 bits per heavy atom. The number of nitrogens with zero attached hydrogens (tertiary/aromatic N) is 1. The van der Waals surface area contributed by atoms with Crippen molar-refractivity contribution in [1.82, 2.24) is 4.98 Å². The molecule has 1 amide bonds. The Bertz CT molecular complexity index is 361. The minimum atomic E-state index is 0.0173. The maximum absolute atomic E-state index is 11.5. The quantitative estimate of drug-likeness (QED) is 0.805. The normalized spacial score (nSPS) is 15.7. The Morgan fingerprint density at radius 1 is 1.31 bits per heavy atom. The largest absolute Gasteiger partial charge is 0.302 e. The molecule has 0 radical (unpaired) electrons. The third-order valence-corrected chi connectivity index (χ3v) is 3.92. The van der Waals surface area contributed by atoms with Crippen LogP contribution in [0.15, 0.2) is 0 Å². The van der Waals surface area contributed by atoms with E-state index in [9.17, 15) is 4.79 Å². The Hall–Kier alpha value is -0.900. The molecule has 1 aliphatic carbocycles. The van der Waals surface area contributed by atoms with Crippen LogP contribution in [0.4, 0.5) is 5.13 Å². The number of fused-ring (bicyclic) bond motifs is 1. The van der Waals surface area contributed by atoms with Gasteiger partial charge in [-0.25, -0.2) is 4.98 Å². The van der Waals surface area contributed by atoms with E-state index in [0.717, 1.165) is 18.0 Å². The van der Waals surface area contributed by atoms with Gasteiger partial charge in [0, 0.05) is 10.8 Å². The minimum Gasteiger partial charge on any atom is -0.302 e. The molecule has 0 spiro atoms. The summed E-state index contributed by atoms with van der Waals surface area (Å²) in [6.45, 7) is 3.79. The molecule has 0 aliphatic heterocycles. The molecule has 16 heavy (non-hydrogen) atoms. The number of hydrogen-bond donors (Lipinski definition) is 1. The number of thiazole rings is 1. The number of anilines is 1. The summed E-state index contributed by atoms with van der Waals surface area (Å²) in [5.74, 6) is 0.0765. The highest BCUT2D eigenvalue weighted by atomic mass is 32.1. The Kier molecular flexibility index (Phi) is 3.59. The van der Waals surface area contributed by atoms with Crippen LogP contribution in [0.2, 0.25) is 0 Å². The zero-order chi connectivity index (χ0) is 11.5. The fourth-order valence-electron chi connectivity index (χ4n) is 1.83. The van der Waals surface area contributed by atoms with Gasteiger partial charge in [-0.2, -0.15) is 0 Å². The monoisotopic (exact) mass is 238 g/mol. The SMILES string of the molecule is CC(C)C(=O)Nc1nc2c(s1)CCCCC2. The van der Waals surface area contributed by atoms with Gasteiger partial charge in [0.15, 0.2) is 5.13 Å². The molecule has 0 saturated heterocycles. The van der Waals surface area contributed by atoms with Crippen molar-refractivity contribution in [2.75, 3.05) is 5.32 Å². The number of hydrogen-bond acceptors (Lipinski definition) is 3. The average Bonchev–Trinajstić information content (AvgIpc) is 2.48. The zero-order valence-electron chi connectivity index (χ0n) is 9.88. The Balaban J connectivity index is 2.09. The van der Waals surface area contributed by atoms with Crippen LogP contribution in [0.3, 0.4) is 0 Å². The summed E-state index contributed by atoms with van der Waals surface area (Å²) < 4.78 is 0. The van der Waals surface area contributed by atoms with E-state index in [-0.39, 0.29) is 11.8 Å². The molecule has 1 N–H and O–H groups in total. The molecule has 1 heterocycles. The fraction of sp³-hybridized carbons (Fsp3) is 0.667. The van der Waals surface area contributed by atoms with E-state index in [1.54, 1.807) is 11.3 Å². The van der Waals surface area contributed by atoms with Crippen LogP contribution in [-0.4, -0.2) is 10.9 Å². The first-order chi connectivity index (χ1) is 7.66. The number of carbonyl (C=O) groups is 1. The van der Waals surface area contributed by atoms with Crippen LogP contribution in [0, 0.1) is 5.92 Å². The van der Waals surface area contributed by atoms with Gasteiger partial charge in [0.2, 0.25) is 5.91 Å². The molecule has 1 aromatic rings. The zero-order valence-corrected chi connectivity index (χ0v) is 10.7. The predicted octanol–water partition coefficient (Wildman–Crippen LogP) is 3.01. The molecular formula is C12H18N2OS. The third-order valence-electron chi connectivity index (χ3n) is 2.85. The van der Waals surface area contributed by atoms with Crippen molar-refractivity contribution in [2.45, 2.75) is 46.0 Å². The molecule has 1 aliphatic rings. The molecule has 0 bridgehead atoms. The van der Waals surface area contributed by atoms with Crippen molar-refractivity contribution in [2.24, 2.45) is 5.92 Å². The first-order valence-electron chi connectivity index (χ1n) is 5.96. The highest BCUT2D eigenvalue weighted by Gasteiger charge is 2.16. The van der Waals surface area contributed by atoms with Gasteiger partial charge in [-0.1, -0.05) is 20.3 Å². The van der Waals surface area contributed by atoms with Crippen molar-refractivity contribution in [3.05, 3.63) is 10.6 Å². The summed E-state index contributed by atoms with van der Waals surface area (Å²) in [6, 6.07) is 0. The van der Waals surface area contributed by atoms with E-state index >= 15 is 0 Å². The summed E-state index contributed by atoms with van der Waals surface area (Å²) in [5.41, 5.74) is 1.21. The van der Waals surface area contributed by atoms with Gasteiger partial charge < -0.3 is 5.32 Å². The van der Waals surface area contributed by atoms with E-state index in [0.29, 0.717) is 0 Å². The van der Waals surface area contributed by atoms with Crippen molar-refractivity contribution in [3.8, 4) is 0 Å². The number of aromatic nitrogens is 1. The molecule has 4 heteroatoms. The third kappa shape index (κ3) is 2.61. The lowest BCUT2D eigenvalue weighted by molar-refractivity contribution is -0.118. The van der Waals surface area contributed by atoms with E-state index in [1.807, 2.05) is 13.8 Å². The maximum Gasteiger partial charge on any atom is 0.228 e. The first kappa shape index (κ1) is 11.6. The Morgan fingerprint density at radius 3 is 2.81 bits per heavy atom. The van der Waals surface area contributed by atoms with Crippen LogP contribution in [-0.2, 0) is 17.6 Å². The van der Waals surface area contributed by atoms with Crippen LogP contribution < -0.4 is 5.32 Å². The molecule has 0 aromatic carbocycles. The predicted molar refractivity (Wildman–Crippen MR) is 66.8 cm³/mol. The van der Waals surface area contributed by atoms with Crippen LogP contribution in [0.1, 0.15) is 43.7 Å². The van der Waals surface area contributed by atoms with Gasteiger partial charge in [0.05, 0.1) is 5.69 Å². The second-order valence-corrected chi connectivity index (χ2v) is 5.68. The van der Waals surface area contributed by atoms with Crippen molar-refractivity contribution in [1.29, 1.82) is 0 Å². The number of aryl methyl sites for hydroxylation is 2. The molecule has 0 saturated carbocycles. The first-order valence-corrected chi connectivity index (χ1v) is 6.78. The molecule has 0 atom stereocenters. The number of nitrogens with one attached hydrogen (secondary N) is 1. The summed E-state index contributed by atoms with van der Waals surface area (Å²) in [6.07, 6.45) is 5.99. The number of carbonyl (C=O) groups excluding carboxylic acids is 1. The van der Waals surface area contributed by atoms with Crippen LogP contribution in [0.25, 0.3) is 0 Å². The molecule has 1 aromatic heterocycles. The fourth-order valence-corrected chi connectivity index (χ4v) is 2.88. The van der Waals surface area contributed by atoms with E-state index in [1.165, 1.54) is 29.8 Å². The van der Waals surface area contributed by atoms with Crippen molar-refractivity contribution in [3.63, 3.8) is 0 Å². The van der Waals surface area contributed by atoms with Crippen LogP contribution >= 0.6 is 11.3 Å². The van der Waals surface area contributed by atoms with Crippen molar-refractivity contribution >= 4 is 22.4 Å². The summed E-state index contributed by atoms with van der Waals surface area (Å²) in [4.78, 5) is 17.4. The molecular weight excluding hydrogens is 220 g/mol. The second-order valence-electron chi connectivity index (χ2n) is 4.59. The van der Waals surface area contributed by atoms with Gasteiger partial charge in [0.25, 0.3) is 0 Å². The lowest BCUT2D eigenvalue weighted by Crippen LogP contribution is -2.17. The van der Waals surface area contributed by atoms with Crippen LogP contribution in [0.5, 0.6) is 0 Å². The molecule has 2 rings (SSSR count). The molecule has 88 valence electrons. The van der Waals surface area contributed by atoms with Crippen molar-refractivity contribution < 1.29 is 4.79 Å². The van der Waals surface area contributed by atoms with E-state index < -0.39 is 0 Å². The topological polar surface area (TPSA) is 42.0 Å². The highest BCUT2D eigenvalue weighted by molar-refractivity contribution is 7.15. The summed E-state index contributed by atoms with van der Waals surface area (Å²) >= 11 is 1.65. The van der Waals surface area contributed by atoms with E-state index in [4.69, 9.17) is 0 Å². The summed E-state index contributed by atoms with van der Waals surface area (Å²) in [5, 5.41) is 3.67. The number of amides is 1. The molecule has 3 nitrogen and oxygen atoms in total. The number of rotatable bonds is 2. The second kappa shape index (κ2) is 4.95. The van der Waals surface area contributed by atoms with E-state index in [2.05, 4.69) is 10.3 Å². The average molecular weight is 238 g/mol. The molecule has 0 fully saturated rings. The minimum absolute atomic E-state index is 0.0173. The lowest BCUT2D eigenvalue weighted by atomic mass is 10.2. The van der Waals surface area contributed by atoms with Gasteiger partial charge in [-0.15, -0.1) is 11.3 Å². The smallest absolute Gasteiger partial charge is 0.228 e. The lowest BCUT2D eigenvalue weighted by Gasteiger charge is -2.03.